The van der Waals surface area contributed by atoms with Crippen molar-refractivity contribution in [1.29, 1.82) is 0 Å². The second-order valence-corrected chi connectivity index (χ2v) is 7.59. The third-order valence-electron chi connectivity index (χ3n) is 4.48. The monoisotopic (exact) mass is 345 g/mol. The Morgan fingerprint density at radius 1 is 1.25 bits per heavy atom. The van der Waals surface area contributed by atoms with Gasteiger partial charge in [-0.15, -0.1) is 0 Å². The third-order valence-corrected chi connectivity index (χ3v) is 5.57. The number of carbonyl (C=O) groups excluding carboxylic acids is 1. The van der Waals surface area contributed by atoms with Gasteiger partial charge in [0.15, 0.2) is 5.16 Å². The molecule has 1 aliphatic rings. The fourth-order valence-electron chi connectivity index (χ4n) is 2.97. The quantitative estimate of drug-likeness (QED) is 0.870. The second kappa shape index (κ2) is 5.98. The summed E-state index contributed by atoms with van der Waals surface area (Å²) in [7, 11) is 1.93. The number of carboxylic acid groups (broad SMARTS) is 1. The van der Waals surface area contributed by atoms with Gasteiger partial charge in [0.05, 0.1) is 11.8 Å². The van der Waals surface area contributed by atoms with Crippen molar-refractivity contribution in [2.24, 2.45) is 24.3 Å². The molecule has 2 atom stereocenters. The molecule has 3 rings (SSSR count). The van der Waals surface area contributed by atoms with Crippen LogP contribution in [-0.4, -0.2) is 26.5 Å². The van der Waals surface area contributed by atoms with Gasteiger partial charge < -0.3 is 15.0 Å². The highest BCUT2D eigenvalue weighted by atomic mass is 32.2. The first-order valence-corrected chi connectivity index (χ1v) is 8.41. The number of benzene rings is 1. The normalized spacial score (nSPS) is 21.3. The maximum atomic E-state index is 12.3. The Labute approximate surface area is 144 Å². The van der Waals surface area contributed by atoms with Crippen LogP contribution in [0.2, 0.25) is 0 Å². The zero-order valence-electron chi connectivity index (χ0n) is 13.7. The van der Waals surface area contributed by atoms with Crippen molar-refractivity contribution in [3.63, 3.8) is 0 Å². The van der Waals surface area contributed by atoms with Crippen molar-refractivity contribution >= 4 is 29.3 Å². The molecule has 1 heterocycles. The summed E-state index contributed by atoms with van der Waals surface area (Å²) in [5.74, 6) is -2.26. The summed E-state index contributed by atoms with van der Waals surface area (Å²) in [4.78, 5) is 28.7. The number of aliphatic carboxylic acids is 1. The maximum absolute atomic E-state index is 12.3. The zero-order valence-corrected chi connectivity index (χ0v) is 14.5. The Kier molecular flexibility index (Phi) is 4.13. The van der Waals surface area contributed by atoms with Gasteiger partial charge in [0.25, 0.3) is 0 Å². The largest absolute Gasteiger partial charge is 0.481 e. The molecule has 2 N–H and O–H groups in total. The molecule has 0 aliphatic heterocycles. The van der Waals surface area contributed by atoms with E-state index in [-0.39, 0.29) is 5.91 Å². The number of rotatable bonds is 5. The van der Waals surface area contributed by atoms with Crippen molar-refractivity contribution in [2.75, 3.05) is 5.32 Å². The van der Waals surface area contributed by atoms with Gasteiger partial charge in [0.1, 0.15) is 0 Å². The van der Waals surface area contributed by atoms with E-state index in [4.69, 9.17) is 5.11 Å². The van der Waals surface area contributed by atoms with E-state index in [1.54, 1.807) is 6.20 Å². The fraction of sp³-hybridized carbons (Fsp3) is 0.353. The number of carbonyl (C=O) groups is 2. The molecule has 0 radical (unpaired) electrons. The highest BCUT2D eigenvalue weighted by Gasteiger charge is 2.65. The van der Waals surface area contributed by atoms with E-state index in [9.17, 15) is 9.59 Å². The lowest BCUT2D eigenvalue weighted by Gasteiger charge is -2.07. The van der Waals surface area contributed by atoms with Crippen molar-refractivity contribution in [2.45, 2.75) is 23.9 Å². The Balaban J connectivity index is 1.64. The number of nitrogens with one attached hydrogen (secondary N) is 1. The van der Waals surface area contributed by atoms with E-state index in [0.717, 1.165) is 10.1 Å². The Hall–Kier alpha value is -2.28. The average Bonchev–Trinajstić information content (AvgIpc) is 2.89. The van der Waals surface area contributed by atoms with Crippen LogP contribution in [0.4, 0.5) is 5.69 Å². The molecule has 6 nitrogen and oxygen atoms in total. The van der Waals surface area contributed by atoms with Gasteiger partial charge in [-0.25, -0.2) is 4.98 Å². The summed E-state index contributed by atoms with van der Waals surface area (Å²) in [6, 6.07) is 7.44. The summed E-state index contributed by atoms with van der Waals surface area (Å²) in [6.45, 7) is 3.62. The first-order chi connectivity index (χ1) is 11.3. The molecule has 1 aliphatic carbocycles. The van der Waals surface area contributed by atoms with Crippen molar-refractivity contribution in [3.8, 4) is 0 Å². The highest BCUT2D eigenvalue weighted by molar-refractivity contribution is 7.99. The van der Waals surface area contributed by atoms with Gasteiger partial charge in [-0.3, -0.25) is 9.59 Å². The number of hydrogen-bond acceptors (Lipinski definition) is 4. The van der Waals surface area contributed by atoms with Gasteiger partial charge in [-0.2, -0.15) is 0 Å². The molecule has 2 aromatic rings. The van der Waals surface area contributed by atoms with Crippen molar-refractivity contribution < 1.29 is 14.7 Å². The Morgan fingerprint density at radius 2 is 1.92 bits per heavy atom. The molecule has 0 unspecified atom stereocenters. The number of aromatic nitrogens is 2. The van der Waals surface area contributed by atoms with Crippen LogP contribution >= 0.6 is 11.8 Å². The second-order valence-electron chi connectivity index (χ2n) is 6.55. The average molecular weight is 345 g/mol. The van der Waals surface area contributed by atoms with Crippen LogP contribution in [0.1, 0.15) is 13.8 Å². The highest BCUT2D eigenvalue weighted by Crippen LogP contribution is 2.58. The number of carboxylic acids is 1. The van der Waals surface area contributed by atoms with E-state index in [0.29, 0.717) is 5.69 Å². The van der Waals surface area contributed by atoms with Gasteiger partial charge in [-0.1, -0.05) is 25.6 Å². The van der Waals surface area contributed by atoms with Gasteiger partial charge >= 0.3 is 5.97 Å². The van der Waals surface area contributed by atoms with Gasteiger partial charge in [0, 0.05) is 30.0 Å². The first-order valence-electron chi connectivity index (χ1n) is 7.59. The van der Waals surface area contributed by atoms with Crippen LogP contribution in [0.5, 0.6) is 0 Å². The van der Waals surface area contributed by atoms with Crippen LogP contribution in [0.3, 0.4) is 0 Å². The molecule has 7 heteroatoms. The summed E-state index contributed by atoms with van der Waals surface area (Å²) in [5, 5.41) is 12.9. The lowest BCUT2D eigenvalue weighted by Crippen LogP contribution is -2.17. The summed E-state index contributed by atoms with van der Waals surface area (Å²) >= 11 is 1.53. The fourth-order valence-corrected chi connectivity index (χ4v) is 3.77. The number of imidazole rings is 1. The molecule has 1 saturated carbocycles. The Bertz CT molecular complexity index is 783. The molecule has 1 amide bonds. The van der Waals surface area contributed by atoms with Gasteiger partial charge in [0.2, 0.25) is 5.91 Å². The number of nitrogens with zero attached hydrogens (tertiary/aromatic N) is 2. The predicted molar refractivity (Wildman–Crippen MR) is 90.8 cm³/mol. The summed E-state index contributed by atoms with van der Waals surface area (Å²) < 4.78 is 1.93. The molecular formula is C17H19N3O3S. The van der Waals surface area contributed by atoms with Gasteiger partial charge in [-0.05, 0) is 29.7 Å². The van der Waals surface area contributed by atoms with Crippen LogP contribution < -0.4 is 5.32 Å². The zero-order chi connectivity index (χ0) is 17.5. The van der Waals surface area contributed by atoms with E-state index in [1.165, 1.54) is 11.8 Å². The van der Waals surface area contributed by atoms with Crippen molar-refractivity contribution in [1.82, 2.24) is 9.55 Å². The van der Waals surface area contributed by atoms with Crippen LogP contribution in [-0.2, 0) is 16.6 Å². The van der Waals surface area contributed by atoms with Crippen molar-refractivity contribution in [3.05, 3.63) is 36.7 Å². The molecule has 1 aromatic heterocycles. The minimum atomic E-state index is -0.915. The Morgan fingerprint density at radius 3 is 2.42 bits per heavy atom. The molecule has 0 bridgehead atoms. The minimum absolute atomic E-state index is 0.239. The molecular weight excluding hydrogens is 326 g/mol. The first kappa shape index (κ1) is 16.6. The lowest BCUT2D eigenvalue weighted by molar-refractivity contribution is -0.140. The molecule has 0 saturated heterocycles. The maximum Gasteiger partial charge on any atom is 0.307 e. The molecule has 1 fully saturated rings. The molecule has 0 spiro atoms. The number of amides is 1. The third kappa shape index (κ3) is 3.03. The summed E-state index contributed by atoms with van der Waals surface area (Å²) in [5.41, 5.74) is 0.167. The summed E-state index contributed by atoms with van der Waals surface area (Å²) in [6.07, 6.45) is 3.63. The van der Waals surface area contributed by atoms with E-state index >= 15 is 0 Å². The smallest absolute Gasteiger partial charge is 0.307 e. The SMILES string of the molecule is Cn1ccnc1Sc1ccc(NC(=O)[C@@H]2[C@H](C(=O)O)C2(C)C)cc1. The number of anilines is 1. The van der Waals surface area contributed by atoms with Crippen LogP contribution in [0, 0.1) is 17.3 Å². The number of hydrogen-bond donors (Lipinski definition) is 2. The van der Waals surface area contributed by atoms with E-state index < -0.39 is 23.2 Å². The van der Waals surface area contributed by atoms with Crippen LogP contribution in [0.25, 0.3) is 0 Å². The van der Waals surface area contributed by atoms with Crippen LogP contribution in [0.15, 0.2) is 46.7 Å². The molecule has 126 valence electrons. The standard InChI is InChI=1S/C17H19N3O3S/c1-17(2)12(13(17)15(22)23)14(21)19-10-4-6-11(7-5-10)24-16-18-8-9-20(16)3/h4-9,12-13H,1-3H3,(H,19,21)(H,22,23)/t12-,13+/m0/s1. The molecule has 1 aromatic carbocycles. The molecule has 24 heavy (non-hydrogen) atoms. The van der Waals surface area contributed by atoms with E-state index in [1.807, 2.05) is 55.9 Å². The topological polar surface area (TPSA) is 84.2 Å². The predicted octanol–water partition coefficient (Wildman–Crippen LogP) is 2.87. The number of aryl methyl sites for hydroxylation is 1. The minimum Gasteiger partial charge on any atom is -0.481 e. The lowest BCUT2D eigenvalue weighted by atomic mass is 10.1. The van der Waals surface area contributed by atoms with E-state index in [2.05, 4.69) is 10.3 Å².